The summed E-state index contributed by atoms with van der Waals surface area (Å²) in [6.45, 7) is 4.35. The highest BCUT2D eigenvalue weighted by Crippen LogP contribution is 2.04. The second kappa shape index (κ2) is 3.53. The predicted molar refractivity (Wildman–Crippen MR) is 45.3 cm³/mol. The lowest BCUT2D eigenvalue weighted by atomic mass is 10.1. The number of aromatic nitrogens is 3. The van der Waals surface area contributed by atoms with Crippen LogP contribution in [-0.2, 0) is 6.54 Å². The maximum Gasteiger partial charge on any atom is 0.165 e. The van der Waals surface area contributed by atoms with E-state index < -0.39 is 6.10 Å². The van der Waals surface area contributed by atoms with E-state index in [1.807, 2.05) is 13.8 Å². The summed E-state index contributed by atoms with van der Waals surface area (Å²) in [6, 6.07) is 0. The average molecular weight is 170 g/mol. The highest BCUT2D eigenvalue weighted by molar-refractivity contribution is 5.19. The first-order valence-electron chi connectivity index (χ1n) is 3.93. The van der Waals surface area contributed by atoms with Gasteiger partial charge in [0.1, 0.15) is 0 Å². The van der Waals surface area contributed by atoms with Gasteiger partial charge in [-0.15, -0.1) is 5.10 Å². The highest BCUT2D eigenvalue weighted by atomic mass is 16.3. The fourth-order valence-electron chi connectivity index (χ4n) is 0.805. The van der Waals surface area contributed by atoms with Crippen molar-refractivity contribution in [2.45, 2.75) is 26.5 Å². The summed E-state index contributed by atoms with van der Waals surface area (Å²) in [4.78, 5) is 0. The molecule has 0 amide bonds. The maximum atomic E-state index is 9.46. The van der Waals surface area contributed by atoms with Gasteiger partial charge in [0.05, 0.1) is 18.8 Å². The second-order valence-corrected chi connectivity index (χ2v) is 3.18. The summed E-state index contributed by atoms with van der Waals surface area (Å²) in [6.07, 6.45) is 1.21. The third kappa shape index (κ3) is 2.20. The lowest BCUT2D eigenvalue weighted by Gasteiger charge is -2.12. The number of hydrogen-bond acceptors (Lipinski definition) is 4. The number of rotatable bonds is 3. The Hall–Kier alpha value is -1.10. The van der Waals surface area contributed by atoms with Crippen LogP contribution in [-0.4, -0.2) is 26.2 Å². The molecular formula is C7H14N4O. The molecule has 0 spiro atoms. The van der Waals surface area contributed by atoms with Crippen LogP contribution in [0.25, 0.3) is 0 Å². The molecule has 3 N–H and O–H groups in total. The van der Waals surface area contributed by atoms with Crippen LogP contribution < -0.4 is 5.73 Å². The molecule has 12 heavy (non-hydrogen) atoms. The van der Waals surface area contributed by atoms with Crippen LogP contribution in [0.5, 0.6) is 0 Å². The molecule has 1 aromatic rings. The van der Waals surface area contributed by atoms with Gasteiger partial charge >= 0.3 is 0 Å². The van der Waals surface area contributed by atoms with Crippen molar-refractivity contribution >= 4 is 5.82 Å². The Morgan fingerprint density at radius 1 is 1.67 bits per heavy atom. The van der Waals surface area contributed by atoms with Crippen LogP contribution in [0.15, 0.2) is 6.20 Å². The Morgan fingerprint density at radius 3 is 2.75 bits per heavy atom. The van der Waals surface area contributed by atoms with Gasteiger partial charge in [-0.25, -0.2) is 4.68 Å². The van der Waals surface area contributed by atoms with E-state index in [1.54, 1.807) is 10.9 Å². The Balaban J connectivity index is 2.52. The van der Waals surface area contributed by atoms with Crippen molar-refractivity contribution in [3.8, 4) is 0 Å². The number of hydrogen-bond donors (Lipinski definition) is 2. The number of nitrogens with zero attached hydrogens (tertiary/aromatic N) is 3. The fraction of sp³-hybridized carbons (Fsp3) is 0.714. The van der Waals surface area contributed by atoms with Gasteiger partial charge in [-0.1, -0.05) is 19.1 Å². The summed E-state index contributed by atoms with van der Waals surface area (Å²) in [5.41, 5.74) is 5.35. The molecule has 0 bridgehead atoms. The van der Waals surface area contributed by atoms with Gasteiger partial charge in [-0.05, 0) is 5.92 Å². The molecule has 0 aromatic carbocycles. The number of nitrogens with two attached hydrogens (primary N) is 1. The van der Waals surface area contributed by atoms with E-state index in [-0.39, 0.29) is 5.92 Å². The van der Waals surface area contributed by atoms with Gasteiger partial charge < -0.3 is 10.8 Å². The maximum absolute atomic E-state index is 9.46. The van der Waals surface area contributed by atoms with Gasteiger partial charge in [0.25, 0.3) is 0 Å². The van der Waals surface area contributed by atoms with Crippen molar-refractivity contribution in [2.24, 2.45) is 5.92 Å². The van der Waals surface area contributed by atoms with Gasteiger partial charge in [-0.2, -0.15) is 0 Å². The molecule has 0 aliphatic rings. The fourth-order valence-corrected chi connectivity index (χ4v) is 0.805. The highest BCUT2D eigenvalue weighted by Gasteiger charge is 2.10. The topological polar surface area (TPSA) is 77.0 Å². The standard InChI is InChI=1S/C7H14N4O/c1-5(2)6(12)3-11-4-7(8)9-10-11/h4-6,12H,3,8H2,1-2H3. The van der Waals surface area contributed by atoms with Crippen LogP contribution in [0.4, 0.5) is 5.82 Å². The van der Waals surface area contributed by atoms with Crippen LogP contribution in [0, 0.1) is 5.92 Å². The van der Waals surface area contributed by atoms with E-state index in [9.17, 15) is 5.11 Å². The molecule has 0 saturated heterocycles. The SMILES string of the molecule is CC(C)C(O)Cn1cc(N)nn1. The van der Waals surface area contributed by atoms with E-state index in [2.05, 4.69) is 10.3 Å². The molecule has 68 valence electrons. The van der Waals surface area contributed by atoms with Crippen LogP contribution in [0.3, 0.4) is 0 Å². The molecule has 1 unspecified atom stereocenters. The molecular weight excluding hydrogens is 156 g/mol. The molecule has 5 heteroatoms. The quantitative estimate of drug-likeness (QED) is 0.663. The minimum atomic E-state index is -0.397. The summed E-state index contributed by atoms with van der Waals surface area (Å²) < 4.78 is 1.54. The van der Waals surface area contributed by atoms with Crippen molar-refractivity contribution in [3.05, 3.63) is 6.20 Å². The number of nitrogen functional groups attached to an aromatic ring is 1. The van der Waals surface area contributed by atoms with E-state index in [0.717, 1.165) is 0 Å². The van der Waals surface area contributed by atoms with Crippen LogP contribution in [0.2, 0.25) is 0 Å². The molecule has 1 heterocycles. The first-order chi connectivity index (χ1) is 5.59. The van der Waals surface area contributed by atoms with E-state index in [1.165, 1.54) is 0 Å². The Labute approximate surface area is 71.2 Å². The largest absolute Gasteiger partial charge is 0.391 e. The average Bonchev–Trinajstić information content (AvgIpc) is 2.35. The molecule has 0 radical (unpaired) electrons. The Kier molecular flexibility index (Phi) is 2.65. The van der Waals surface area contributed by atoms with Gasteiger partial charge in [0, 0.05) is 0 Å². The van der Waals surface area contributed by atoms with E-state index in [0.29, 0.717) is 12.4 Å². The smallest absolute Gasteiger partial charge is 0.165 e. The van der Waals surface area contributed by atoms with Gasteiger partial charge in [0.2, 0.25) is 0 Å². The third-order valence-corrected chi connectivity index (χ3v) is 1.70. The summed E-state index contributed by atoms with van der Waals surface area (Å²) in [5.74, 6) is 0.599. The molecule has 0 saturated carbocycles. The third-order valence-electron chi connectivity index (χ3n) is 1.70. The normalized spacial score (nSPS) is 13.7. The molecule has 0 fully saturated rings. The first-order valence-corrected chi connectivity index (χ1v) is 3.93. The molecule has 1 atom stereocenters. The minimum Gasteiger partial charge on any atom is -0.391 e. The summed E-state index contributed by atoms with van der Waals surface area (Å²) in [7, 11) is 0. The van der Waals surface area contributed by atoms with Crippen molar-refractivity contribution in [2.75, 3.05) is 5.73 Å². The lowest BCUT2D eigenvalue weighted by molar-refractivity contribution is 0.102. The Bertz CT molecular complexity index is 245. The Morgan fingerprint density at radius 2 is 2.33 bits per heavy atom. The van der Waals surface area contributed by atoms with Crippen molar-refractivity contribution in [3.63, 3.8) is 0 Å². The van der Waals surface area contributed by atoms with E-state index >= 15 is 0 Å². The van der Waals surface area contributed by atoms with Crippen molar-refractivity contribution in [1.82, 2.24) is 15.0 Å². The number of aliphatic hydroxyl groups is 1. The molecule has 1 aromatic heterocycles. The summed E-state index contributed by atoms with van der Waals surface area (Å²) in [5, 5.41) is 16.8. The molecule has 5 nitrogen and oxygen atoms in total. The number of aliphatic hydroxyl groups excluding tert-OH is 1. The van der Waals surface area contributed by atoms with E-state index in [4.69, 9.17) is 5.73 Å². The zero-order valence-corrected chi connectivity index (χ0v) is 7.31. The van der Waals surface area contributed by atoms with Crippen LogP contribution >= 0.6 is 0 Å². The second-order valence-electron chi connectivity index (χ2n) is 3.18. The monoisotopic (exact) mass is 170 g/mol. The number of anilines is 1. The van der Waals surface area contributed by atoms with Gasteiger partial charge in [0.15, 0.2) is 5.82 Å². The molecule has 1 rings (SSSR count). The molecule has 0 aliphatic heterocycles. The zero-order valence-electron chi connectivity index (χ0n) is 7.31. The van der Waals surface area contributed by atoms with Crippen LogP contribution in [0.1, 0.15) is 13.8 Å². The van der Waals surface area contributed by atoms with Crippen molar-refractivity contribution < 1.29 is 5.11 Å². The molecule has 0 aliphatic carbocycles. The zero-order chi connectivity index (χ0) is 9.14. The predicted octanol–water partition coefficient (Wildman–Crippen LogP) is -0.123. The van der Waals surface area contributed by atoms with Gasteiger partial charge in [-0.3, -0.25) is 0 Å². The van der Waals surface area contributed by atoms with Crippen molar-refractivity contribution in [1.29, 1.82) is 0 Å². The lowest BCUT2D eigenvalue weighted by Crippen LogP contribution is -2.22. The summed E-state index contributed by atoms with van der Waals surface area (Å²) >= 11 is 0. The first kappa shape index (κ1) is 8.99. The minimum absolute atomic E-state index is 0.218.